The van der Waals surface area contributed by atoms with E-state index in [1.165, 1.54) is 51.7 Å². The molecule has 0 radical (unpaired) electrons. The Kier molecular flexibility index (Phi) is 6.61. The van der Waals surface area contributed by atoms with Gasteiger partial charge in [-0.1, -0.05) is 20.3 Å². The molecule has 1 heterocycles. The maximum atomic E-state index is 5.76. The third-order valence-corrected chi connectivity index (χ3v) is 4.42. The van der Waals surface area contributed by atoms with Gasteiger partial charge < -0.3 is 15.5 Å². The minimum atomic E-state index is 0.331. The summed E-state index contributed by atoms with van der Waals surface area (Å²) in [4.78, 5) is 5.01. The molecule has 0 aromatic rings. The van der Waals surface area contributed by atoms with Gasteiger partial charge in [0.1, 0.15) is 0 Å². The van der Waals surface area contributed by atoms with Crippen molar-refractivity contribution >= 4 is 0 Å². The highest BCUT2D eigenvalue weighted by molar-refractivity contribution is 4.77. The average Bonchev–Trinajstić information content (AvgIpc) is 2.35. The molecule has 0 amide bonds. The van der Waals surface area contributed by atoms with Crippen LogP contribution >= 0.6 is 0 Å². The van der Waals surface area contributed by atoms with Crippen molar-refractivity contribution in [2.24, 2.45) is 11.1 Å². The van der Waals surface area contributed by atoms with Crippen LogP contribution in [0.1, 0.15) is 46.0 Å². The number of nitrogens with two attached hydrogens (primary N) is 1. The van der Waals surface area contributed by atoms with Gasteiger partial charge in [-0.25, -0.2) is 0 Å². The molecule has 2 N–H and O–H groups in total. The molecule has 0 aromatic heterocycles. The molecule has 18 heavy (non-hydrogen) atoms. The summed E-state index contributed by atoms with van der Waals surface area (Å²) in [6, 6.07) is 0.803. The number of unbranched alkanes of at least 4 members (excludes halogenated alkanes) is 1. The summed E-state index contributed by atoms with van der Waals surface area (Å²) in [6.45, 7) is 9.19. The third-order valence-electron chi connectivity index (χ3n) is 4.42. The number of hydrogen-bond donors (Lipinski definition) is 1. The monoisotopic (exact) mass is 255 g/mol. The van der Waals surface area contributed by atoms with Gasteiger partial charge in [-0.3, -0.25) is 0 Å². The minimum absolute atomic E-state index is 0.331. The van der Waals surface area contributed by atoms with E-state index in [0.717, 1.165) is 12.6 Å². The first-order chi connectivity index (χ1) is 8.44. The van der Waals surface area contributed by atoms with Crippen molar-refractivity contribution in [1.29, 1.82) is 0 Å². The third kappa shape index (κ3) is 5.68. The number of hydrogen-bond acceptors (Lipinski definition) is 3. The van der Waals surface area contributed by atoms with Crippen LogP contribution in [0.4, 0.5) is 0 Å². The molecule has 0 bridgehead atoms. The normalized spacial score (nSPS) is 19.7. The van der Waals surface area contributed by atoms with Gasteiger partial charge in [0.25, 0.3) is 0 Å². The molecule has 1 aliphatic heterocycles. The molecule has 0 unspecified atom stereocenters. The van der Waals surface area contributed by atoms with E-state index in [-0.39, 0.29) is 0 Å². The van der Waals surface area contributed by atoms with Crippen LogP contribution in [0.5, 0.6) is 0 Å². The highest BCUT2D eigenvalue weighted by atomic mass is 15.2. The fraction of sp³-hybridized carbons (Fsp3) is 1.00. The van der Waals surface area contributed by atoms with Gasteiger partial charge in [0.2, 0.25) is 0 Å². The number of piperidine rings is 1. The SMILES string of the molecule is CN(C)C1CCN(CCCCC(C)(C)CN)CC1. The summed E-state index contributed by atoms with van der Waals surface area (Å²) >= 11 is 0. The molecule has 1 aliphatic rings. The van der Waals surface area contributed by atoms with E-state index in [2.05, 4.69) is 37.7 Å². The minimum Gasteiger partial charge on any atom is -0.330 e. The van der Waals surface area contributed by atoms with Crippen LogP contribution in [0, 0.1) is 5.41 Å². The Bertz CT molecular complexity index is 218. The zero-order valence-electron chi connectivity index (χ0n) is 12.9. The molecule has 3 heteroatoms. The highest BCUT2D eigenvalue weighted by Crippen LogP contribution is 2.22. The van der Waals surface area contributed by atoms with E-state index in [1.54, 1.807) is 0 Å². The lowest BCUT2D eigenvalue weighted by Crippen LogP contribution is -2.42. The van der Waals surface area contributed by atoms with Crippen LogP contribution in [0.25, 0.3) is 0 Å². The van der Waals surface area contributed by atoms with Crippen LogP contribution in [0.3, 0.4) is 0 Å². The predicted molar refractivity (Wildman–Crippen MR) is 79.8 cm³/mol. The Balaban J connectivity index is 2.08. The topological polar surface area (TPSA) is 32.5 Å². The summed E-state index contributed by atoms with van der Waals surface area (Å²) < 4.78 is 0. The molecular formula is C15H33N3. The first-order valence-corrected chi connectivity index (χ1v) is 7.53. The zero-order chi connectivity index (χ0) is 13.6. The van der Waals surface area contributed by atoms with E-state index < -0.39 is 0 Å². The van der Waals surface area contributed by atoms with Crippen LogP contribution in [-0.2, 0) is 0 Å². The van der Waals surface area contributed by atoms with Crippen LogP contribution in [0.15, 0.2) is 0 Å². The molecule has 0 atom stereocenters. The van der Waals surface area contributed by atoms with E-state index in [4.69, 9.17) is 5.73 Å². The first-order valence-electron chi connectivity index (χ1n) is 7.53. The summed E-state index contributed by atoms with van der Waals surface area (Å²) in [6.07, 6.45) is 6.58. The van der Waals surface area contributed by atoms with Gasteiger partial charge in [0, 0.05) is 6.04 Å². The molecular weight excluding hydrogens is 222 g/mol. The lowest BCUT2D eigenvalue weighted by atomic mass is 9.87. The standard InChI is InChI=1S/C15H33N3/c1-15(2,13-16)9-5-6-10-18-11-7-14(8-12-18)17(3)4/h14H,5-13,16H2,1-4H3. The van der Waals surface area contributed by atoms with Gasteiger partial charge in [0.15, 0.2) is 0 Å². The van der Waals surface area contributed by atoms with Crippen molar-refractivity contribution in [3.63, 3.8) is 0 Å². The molecule has 1 fully saturated rings. The van der Waals surface area contributed by atoms with E-state index in [0.29, 0.717) is 5.41 Å². The van der Waals surface area contributed by atoms with Gasteiger partial charge in [-0.15, -0.1) is 0 Å². The fourth-order valence-electron chi connectivity index (χ4n) is 2.70. The molecule has 0 aromatic carbocycles. The Morgan fingerprint density at radius 2 is 1.78 bits per heavy atom. The van der Waals surface area contributed by atoms with Gasteiger partial charge in [-0.05, 0) is 71.4 Å². The molecule has 3 nitrogen and oxygen atoms in total. The smallest absolute Gasteiger partial charge is 0.0113 e. The van der Waals surface area contributed by atoms with Crippen LogP contribution in [0.2, 0.25) is 0 Å². The molecule has 0 saturated carbocycles. The first kappa shape index (κ1) is 15.9. The summed E-state index contributed by atoms with van der Waals surface area (Å²) in [7, 11) is 4.41. The zero-order valence-corrected chi connectivity index (χ0v) is 12.9. The van der Waals surface area contributed by atoms with E-state index >= 15 is 0 Å². The summed E-state index contributed by atoms with van der Waals surface area (Å²) in [5.74, 6) is 0. The largest absolute Gasteiger partial charge is 0.330 e. The number of likely N-dealkylation sites (tertiary alicyclic amines) is 1. The number of rotatable bonds is 7. The second kappa shape index (κ2) is 7.46. The van der Waals surface area contributed by atoms with Crippen LogP contribution in [-0.4, -0.2) is 56.1 Å². The van der Waals surface area contributed by atoms with Crippen molar-refractivity contribution in [3.05, 3.63) is 0 Å². The van der Waals surface area contributed by atoms with Crippen molar-refractivity contribution in [2.45, 2.75) is 52.0 Å². The molecule has 1 saturated heterocycles. The lowest BCUT2D eigenvalue weighted by Gasteiger charge is -2.35. The molecule has 108 valence electrons. The lowest BCUT2D eigenvalue weighted by molar-refractivity contribution is 0.142. The second-order valence-electron chi connectivity index (χ2n) is 6.86. The van der Waals surface area contributed by atoms with E-state index in [9.17, 15) is 0 Å². The van der Waals surface area contributed by atoms with Crippen molar-refractivity contribution in [3.8, 4) is 0 Å². The van der Waals surface area contributed by atoms with Crippen molar-refractivity contribution in [2.75, 3.05) is 40.3 Å². The van der Waals surface area contributed by atoms with Crippen LogP contribution < -0.4 is 5.73 Å². The maximum Gasteiger partial charge on any atom is 0.0113 e. The summed E-state index contributed by atoms with van der Waals surface area (Å²) in [5.41, 5.74) is 6.09. The van der Waals surface area contributed by atoms with E-state index in [1.807, 2.05) is 0 Å². The Labute approximate surface area is 114 Å². The number of nitrogens with zero attached hydrogens (tertiary/aromatic N) is 2. The van der Waals surface area contributed by atoms with Gasteiger partial charge in [0.05, 0.1) is 0 Å². The fourth-order valence-corrected chi connectivity index (χ4v) is 2.70. The highest BCUT2D eigenvalue weighted by Gasteiger charge is 2.20. The quantitative estimate of drug-likeness (QED) is 0.708. The molecule has 1 rings (SSSR count). The Hall–Kier alpha value is -0.120. The van der Waals surface area contributed by atoms with Gasteiger partial charge in [-0.2, -0.15) is 0 Å². The van der Waals surface area contributed by atoms with Gasteiger partial charge >= 0.3 is 0 Å². The van der Waals surface area contributed by atoms with Crippen molar-refractivity contribution in [1.82, 2.24) is 9.80 Å². The molecule has 0 spiro atoms. The average molecular weight is 255 g/mol. The second-order valence-corrected chi connectivity index (χ2v) is 6.86. The maximum absolute atomic E-state index is 5.76. The Morgan fingerprint density at radius 3 is 2.28 bits per heavy atom. The summed E-state index contributed by atoms with van der Waals surface area (Å²) in [5, 5.41) is 0. The Morgan fingerprint density at radius 1 is 1.17 bits per heavy atom. The van der Waals surface area contributed by atoms with Crippen molar-refractivity contribution < 1.29 is 0 Å². The molecule has 0 aliphatic carbocycles. The predicted octanol–water partition coefficient (Wildman–Crippen LogP) is 2.17.